The van der Waals surface area contributed by atoms with Crippen LogP contribution in [0.5, 0.6) is 0 Å². The minimum atomic E-state index is -0.423. The van der Waals surface area contributed by atoms with Crippen LogP contribution in [-0.4, -0.2) is 28.0 Å². The number of H-pyrrole nitrogens is 2. The van der Waals surface area contributed by atoms with E-state index in [-0.39, 0.29) is 5.56 Å². The second-order valence-corrected chi connectivity index (χ2v) is 5.34. The number of nitrogens with one attached hydrogen (secondary N) is 2. The Morgan fingerprint density at radius 3 is 2.94 bits per heavy atom. The van der Waals surface area contributed by atoms with Crippen molar-refractivity contribution in [2.75, 3.05) is 13.1 Å². The number of hydrogen-bond donors (Lipinski definition) is 2. The molecule has 0 fully saturated rings. The highest BCUT2D eigenvalue weighted by Gasteiger charge is 2.22. The van der Waals surface area contributed by atoms with Crippen molar-refractivity contribution >= 4 is 21.6 Å². The Hall–Kier alpha value is -1.40. The van der Waals surface area contributed by atoms with Crippen LogP contribution in [0.2, 0.25) is 0 Å². The number of fused-ring (bicyclic) bond motifs is 3. The molecule has 0 aromatic carbocycles. The molecule has 1 aliphatic rings. The molecule has 2 aromatic rings. The van der Waals surface area contributed by atoms with Gasteiger partial charge in [0.15, 0.2) is 0 Å². The van der Waals surface area contributed by atoms with Crippen molar-refractivity contribution in [1.82, 2.24) is 14.9 Å². The second-order valence-electron chi connectivity index (χ2n) is 4.23. The van der Waals surface area contributed by atoms with Gasteiger partial charge in [-0.15, -0.1) is 11.3 Å². The lowest BCUT2D eigenvalue weighted by atomic mass is 10.1. The molecule has 2 aromatic heterocycles. The fourth-order valence-corrected chi connectivity index (χ4v) is 3.53. The highest BCUT2D eigenvalue weighted by molar-refractivity contribution is 7.18. The SMILES string of the molecule is CCN1CCc2sc3[nH]c(=O)[nH]c(=O)c3c2C1. The van der Waals surface area contributed by atoms with Gasteiger partial charge in [-0.25, -0.2) is 4.79 Å². The number of aromatic amines is 2. The Morgan fingerprint density at radius 1 is 1.35 bits per heavy atom. The third-order valence-corrected chi connectivity index (χ3v) is 4.46. The van der Waals surface area contributed by atoms with Crippen LogP contribution in [-0.2, 0) is 13.0 Å². The second kappa shape index (κ2) is 3.82. The van der Waals surface area contributed by atoms with E-state index < -0.39 is 5.69 Å². The molecule has 0 spiro atoms. The highest BCUT2D eigenvalue weighted by atomic mass is 32.1. The summed E-state index contributed by atoms with van der Waals surface area (Å²) in [7, 11) is 0. The van der Waals surface area contributed by atoms with Crippen molar-refractivity contribution in [3.63, 3.8) is 0 Å². The average Bonchev–Trinajstić information content (AvgIpc) is 2.65. The number of rotatable bonds is 1. The van der Waals surface area contributed by atoms with E-state index in [0.29, 0.717) is 10.2 Å². The maximum Gasteiger partial charge on any atom is 0.326 e. The van der Waals surface area contributed by atoms with Crippen LogP contribution in [0.15, 0.2) is 9.59 Å². The smallest absolute Gasteiger partial charge is 0.299 e. The van der Waals surface area contributed by atoms with Crippen LogP contribution in [0.1, 0.15) is 17.4 Å². The summed E-state index contributed by atoms with van der Waals surface area (Å²) >= 11 is 1.54. The zero-order valence-electron chi connectivity index (χ0n) is 9.50. The van der Waals surface area contributed by atoms with Gasteiger partial charge in [-0.2, -0.15) is 0 Å². The van der Waals surface area contributed by atoms with E-state index in [1.165, 1.54) is 16.2 Å². The predicted molar refractivity (Wildman–Crippen MR) is 67.7 cm³/mol. The Balaban J connectivity index is 2.28. The Bertz CT molecular complexity index is 682. The van der Waals surface area contributed by atoms with Crippen LogP contribution < -0.4 is 11.2 Å². The summed E-state index contributed by atoms with van der Waals surface area (Å²) in [5, 5.41) is 0.669. The number of nitrogens with zero attached hydrogens (tertiary/aromatic N) is 1. The number of likely N-dealkylation sites (N-methyl/N-ethyl adjacent to an activating group) is 1. The zero-order valence-corrected chi connectivity index (χ0v) is 10.3. The van der Waals surface area contributed by atoms with Crippen LogP contribution in [0.3, 0.4) is 0 Å². The summed E-state index contributed by atoms with van der Waals surface area (Å²) in [6, 6.07) is 0. The summed E-state index contributed by atoms with van der Waals surface area (Å²) in [6.45, 7) is 4.93. The molecule has 0 aliphatic carbocycles. The third-order valence-electron chi connectivity index (χ3n) is 3.26. The summed E-state index contributed by atoms with van der Waals surface area (Å²) in [5.74, 6) is 0. The molecule has 90 valence electrons. The van der Waals surface area contributed by atoms with Crippen LogP contribution in [0, 0.1) is 0 Å². The first kappa shape index (κ1) is 10.7. The molecule has 3 rings (SSSR count). The normalized spacial score (nSPS) is 16.3. The molecule has 0 amide bonds. The molecule has 0 atom stereocenters. The number of aromatic nitrogens is 2. The van der Waals surface area contributed by atoms with E-state index in [4.69, 9.17) is 0 Å². The van der Waals surface area contributed by atoms with E-state index in [9.17, 15) is 9.59 Å². The lowest BCUT2D eigenvalue weighted by molar-refractivity contribution is 0.271. The van der Waals surface area contributed by atoms with Gasteiger partial charge in [0.1, 0.15) is 4.83 Å². The topological polar surface area (TPSA) is 69.0 Å². The molecule has 0 saturated heterocycles. The summed E-state index contributed by atoms with van der Waals surface area (Å²) in [4.78, 5) is 32.3. The molecule has 6 heteroatoms. The molecule has 1 aliphatic heterocycles. The summed E-state index contributed by atoms with van der Waals surface area (Å²) in [6.07, 6.45) is 0.962. The van der Waals surface area contributed by atoms with Crippen molar-refractivity contribution < 1.29 is 0 Å². The van der Waals surface area contributed by atoms with E-state index in [1.807, 2.05) is 0 Å². The highest BCUT2D eigenvalue weighted by Crippen LogP contribution is 2.31. The quantitative estimate of drug-likeness (QED) is 0.782. The van der Waals surface area contributed by atoms with Crippen molar-refractivity contribution in [1.29, 1.82) is 0 Å². The van der Waals surface area contributed by atoms with E-state index in [1.54, 1.807) is 0 Å². The molecule has 3 heterocycles. The third kappa shape index (κ3) is 1.64. The van der Waals surface area contributed by atoms with Crippen molar-refractivity contribution in [3.05, 3.63) is 31.3 Å². The average molecular weight is 251 g/mol. The van der Waals surface area contributed by atoms with Gasteiger partial charge in [0.05, 0.1) is 5.39 Å². The fraction of sp³-hybridized carbons (Fsp3) is 0.455. The zero-order chi connectivity index (χ0) is 12.0. The van der Waals surface area contributed by atoms with E-state index in [0.717, 1.165) is 31.6 Å². The van der Waals surface area contributed by atoms with Gasteiger partial charge in [0.25, 0.3) is 5.56 Å². The van der Waals surface area contributed by atoms with Crippen LogP contribution >= 0.6 is 11.3 Å². The Kier molecular flexibility index (Phi) is 2.41. The van der Waals surface area contributed by atoms with Crippen LogP contribution in [0.25, 0.3) is 10.2 Å². The van der Waals surface area contributed by atoms with E-state index >= 15 is 0 Å². The predicted octanol–water partition coefficient (Wildman–Crippen LogP) is 0.656. The van der Waals surface area contributed by atoms with Gasteiger partial charge in [0.2, 0.25) is 0 Å². The first-order valence-electron chi connectivity index (χ1n) is 5.68. The van der Waals surface area contributed by atoms with Crippen molar-refractivity contribution in [2.24, 2.45) is 0 Å². The molecular weight excluding hydrogens is 238 g/mol. The standard InChI is InChI=1S/C11H13N3O2S/c1-2-14-4-3-7-6(5-14)8-9(15)12-11(16)13-10(8)17-7/h2-5H2,1H3,(H2,12,13,15,16). The molecule has 0 bridgehead atoms. The Labute approximate surface area is 101 Å². The minimum Gasteiger partial charge on any atom is -0.299 e. The maximum absolute atomic E-state index is 11.8. The largest absolute Gasteiger partial charge is 0.326 e. The van der Waals surface area contributed by atoms with Crippen molar-refractivity contribution in [3.8, 4) is 0 Å². The maximum atomic E-state index is 11.8. The van der Waals surface area contributed by atoms with Gasteiger partial charge >= 0.3 is 5.69 Å². The van der Waals surface area contributed by atoms with E-state index in [2.05, 4.69) is 21.8 Å². The first-order valence-corrected chi connectivity index (χ1v) is 6.50. The van der Waals surface area contributed by atoms with Gasteiger partial charge in [-0.05, 0) is 18.5 Å². The molecular formula is C11H13N3O2S. The Morgan fingerprint density at radius 2 is 2.18 bits per heavy atom. The van der Waals surface area contributed by atoms with Gasteiger partial charge in [-0.3, -0.25) is 19.7 Å². The van der Waals surface area contributed by atoms with Gasteiger partial charge in [-0.1, -0.05) is 6.92 Å². The summed E-state index contributed by atoms with van der Waals surface area (Å²) < 4.78 is 0. The van der Waals surface area contributed by atoms with Crippen LogP contribution in [0.4, 0.5) is 0 Å². The molecule has 0 saturated carbocycles. The van der Waals surface area contributed by atoms with Crippen molar-refractivity contribution in [2.45, 2.75) is 19.9 Å². The summed E-state index contributed by atoms with van der Waals surface area (Å²) in [5.41, 5.74) is 0.406. The monoisotopic (exact) mass is 251 g/mol. The lowest BCUT2D eigenvalue weighted by Gasteiger charge is -2.25. The fourth-order valence-electron chi connectivity index (χ4n) is 2.34. The molecule has 0 unspecified atom stereocenters. The minimum absolute atomic E-state index is 0.265. The molecule has 17 heavy (non-hydrogen) atoms. The first-order chi connectivity index (χ1) is 8.19. The van der Waals surface area contributed by atoms with Gasteiger partial charge < -0.3 is 0 Å². The lowest BCUT2D eigenvalue weighted by Crippen LogP contribution is -2.30. The number of thiophene rings is 1. The molecule has 0 radical (unpaired) electrons. The molecule has 2 N–H and O–H groups in total. The molecule has 5 nitrogen and oxygen atoms in total. The van der Waals surface area contributed by atoms with Gasteiger partial charge in [0, 0.05) is 18.0 Å². The number of hydrogen-bond acceptors (Lipinski definition) is 4.